The zero-order valence-corrected chi connectivity index (χ0v) is 17.8. The summed E-state index contributed by atoms with van der Waals surface area (Å²) in [6, 6.07) is 15.9. The van der Waals surface area contributed by atoms with Crippen molar-refractivity contribution in [2.45, 2.75) is 13.8 Å². The zero-order chi connectivity index (χ0) is 22.8. The van der Waals surface area contributed by atoms with Crippen LogP contribution in [0, 0.1) is 13.8 Å². The molecule has 6 heteroatoms. The van der Waals surface area contributed by atoms with Crippen molar-refractivity contribution in [3.63, 3.8) is 0 Å². The fourth-order valence-corrected chi connectivity index (χ4v) is 3.70. The second-order valence-corrected chi connectivity index (χ2v) is 7.48. The summed E-state index contributed by atoms with van der Waals surface area (Å²) in [4.78, 5) is 39.7. The molecule has 0 bridgehead atoms. The molecule has 1 heterocycles. The molecule has 3 aromatic carbocycles. The minimum absolute atomic E-state index is 0.148. The summed E-state index contributed by atoms with van der Waals surface area (Å²) in [5, 5.41) is 4.03. The van der Waals surface area contributed by atoms with E-state index in [-0.39, 0.29) is 12.2 Å². The zero-order valence-electron chi connectivity index (χ0n) is 17.8. The van der Waals surface area contributed by atoms with Crippen molar-refractivity contribution >= 4 is 40.4 Å². The van der Waals surface area contributed by atoms with Crippen molar-refractivity contribution in [2.75, 3.05) is 11.5 Å². The van der Waals surface area contributed by atoms with Crippen LogP contribution in [-0.4, -0.2) is 24.5 Å². The fraction of sp³-hybridized carbons (Fsp3) is 0.115. The number of nitrogens with one attached hydrogen (secondary N) is 1. The predicted molar refractivity (Wildman–Crippen MR) is 125 cm³/mol. The van der Waals surface area contributed by atoms with E-state index in [2.05, 4.69) is 11.9 Å². The summed E-state index contributed by atoms with van der Waals surface area (Å²) in [6.45, 7) is 7.66. The lowest BCUT2D eigenvalue weighted by Crippen LogP contribution is -2.54. The summed E-state index contributed by atoms with van der Waals surface area (Å²) < 4.78 is 5.79. The number of carbonyl (C=O) groups excluding carboxylic acids is 3. The Morgan fingerprint density at radius 2 is 1.78 bits per heavy atom. The molecule has 0 aromatic heterocycles. The number of benzene rings is 3. The summed E-state index contributed by atoms with van der Waals surface area (Å²) in [7, 11) is 0. The minimum Gasteiger partial charge on any atom is -0.489 e. The van der Waals surface area contributed by atoms with Crippen molar-refractivity contribution in [1.82, 2.24) is 5.32 Å². The number of urea groups is 1. The minimum atomic E-state index is -0.771. The van der Waals surface area contributed by atoms with Gasteiger partial charge in [-0.05, 0) is 54.0 Å². The third-order valence-electron chi connectivity index (χ3n) is 5.49. The fourth-order valence-electron chi connectivity index (χ4n) is 3.70. The number of anilines is 1. The molecule has 6 nitrogen and oxygen atoms in total. The largest absolute Gasteiger partial charge is 0.489 e. The lowest BCUT2D eigenvalue weighted by atomic mass is 9.99. The second-order valence-electron chi connectivity index (χ2n) is 7.48. The monoisotopic (exact) mass is 426 g/mol. The van der Waals surface area contributed by atoms with E-state index in [1.165, 1.54) is 6.08 Å². The lowest BCUT2D eigenvalue weighted by Gasteiger charge is -2.28. The van der Waals surface area contributed by atoms with Gasteiger partial charge < -0.3 is 4.74 Å². The molecule has 4 amide bonds. The van der Waals surface area contributed by atoms with Gasteiger partial charge >= 0.3 is 6.03 Å². The predicted octanol–water partition coefficient (Wildman–Crippen LogP) is 4.69. The van der Waals surface area contributed by atoms with E-state index >= 15 is 0 Å². The first-order chi connectivity index (χ1) is 15.4. The van der Waals surface area contributed by atoms with Gasteiger partial charge in [0.2, 0.25) is 0 Å². The van der Waals surface area contributed by atoms with Gasteiger partial charge in [-0.2, -0.15) is 0 Å². The van der Waals surface area contributed by atoms with E-state index < -0.39 is 17.8 Å². The molecule has 0 atom stereocenters. The van der Waals surface area contributed by atoms with Crippen molar-refractivity contribution in [3.8, 4) is 5.75 Å². The molecule has 32 heavy (non-hydrogen) atoms. The molecule has 160 valence electrons. The van der Waals surface area contributed by atoms with Gasteiger partial charge in [-0.15, -0.1) is 0 Å². The maximum atomic E-state index is 13.4. The summed E-state index contributed by atoms with van der Waals surface area (Å²) in [5.74, 6) is -0.925. The van der Waals surface area contributed by atoms with Crippen LogP contribution in [0.4, 0.5) is 10.5 Å². The Labute approximate surface area is 185 Å². The van der Waals surface area contributed by atoms with E-state index in [0.29, 0.717) is 17.0 Å². The Morgan fingerprint density at radius 3 is 2.56 bits per heavy atom. The maximum Gasteiger partial charge on any atom is 0.335 e. The molecule has 0 spiro atoms. The Balaban J connectivity index is 1.88. The quantitative estimate of drug-likeness (QED) is 0.365. The van der Waals surface area contributed by atoms with E-state index in [0.717, 1.165) is 26.8 Å². The highest BCUT2D eigenvalue weighted by atomic mass is 16.5. The van der Waals surface area contributed by atoms with Crippen molar-refractivity contribution in [3.05, 3.63) is 89.5 Å². The second kappa shape index (κ2) is 8.51. The van der Waals surface area contributed by atoms with Gasteiger partial charge in [0.25, 0.3) is 11.8 Å². The molecule has 0 aliphatic carbocycles. The number of hydrogen-bond acceptors (Lipinski definition) is 4. The number of hydrogen-bond donors (Lipinski definition) is 1. The lowest BCUT2D eigenvalue weighted by molar-refractivity contribution is -0.122. The maximum absolute atomic E-state index is 13.4. The van der Waals surface area contributed by atoms with Gasteiger partial charge in [0, 0.05) is 5.56 Å². The molecule has 0 saturated carbocycles. The number of ether oxygens (including phenoxy) is 1. The third-order valence-corrected chi connectivity index (χ3v) is 5.49. The van der Waals surface area contributed by atoms with Crippen molar-refractivity contribution < 1.29 is 19.1 Å². The molecule has 1 fully saturated rings. The van der Waals surface area contributed by atoms with Crippen molar-refractivity contribution in [2.24, 2.45) is 0 Å². The average molecular weight is 426 g/mol. The molecule has 0 unspecified atom stereocenters. The van der Waals surface area contributed by atoms with Crippen LogP contribution >= 0.6 is 0 Å². The van der Waals surface area contributed by atoms with E-state index in [1.807, 2.05) is 50.2 Å². The SMILES string of the molecule is C=CCOc1ccc2ccccc2c1/C=C1\C(=O)NC(=O)N(c2cccc(C)c2C)C1=O. The number of rotatable bonds is 5. The van der Waals surface area contributed by atoms with E-state index in [9.17, 15) is 14.4 Å². The molecule has 0 radical (unpaired) electrons. The first-order valence-electron chi connectivity index (χ1n) is 10.2. The van der Waals surface area contributed by atoms with Crippen LogP contribution < -0.4 is 15.0 Å². The van der Waals surface area contributed by atoms with Gasteiger partial charge in [-0.1, -0.05) is 55.1 Å². The highest BCUT2D eigenvalue weighted by Gasteiger charge is 2.37. The molecule has 1 aliphatic rings. The standard InChI is InChI=1S/C26H22N2O4/c1-4-14-32-23-13-12-18-9-5-6-10-19(18)20(23)15-21-24(29)27-26(31)28(25(21)30)22-11-7-8-16(2)17(22)3/h4-13,15H,1,14H2,2-3H3,(H,27,29,31)/b21-15+. The van der Waals surface area contributed by atoms with Gasteiger partial charge in [0.1, 0.15) is 17.9 Å². The van der Waals surface area contributed by atoms with Gasteiger partial charge in [-0.25, -0.2) is 9.69 Å². The highest BCUT2D eigenvalue weighted by molar-refractivity contribution is 6.39. The van der Waals surface area contributed by atoms with Crippen LogP contribution in [0.1, 0.15) is 16.7 Å². The number of nitrogens with zero attached hydrogens (tertiary/aromatic N) is 1. The van der Waals surface area contributed by atoms with Crippen molar-refractivity contribution in [1.29, 1.82) is 0 Å². The number of fused-ring (bicyclic) bond motifs is 1. The summed E-state index contributed by atoms with van der Waals surface area (Å²) in [6.07, 6.45) is 3.11. The van der Waals surface area contributed by atoms with Crippen LogP contribution in [0.5, 0.6) is 5.75 Å². The van der Waals surface area contributed by atoms with Gasteiger partial charge in [0.05, 0.1) is 5.69 Å². The molecule has 4 rings (SSSR count). The molecule has 3 aromatic rings. The first-order valence-corrected chi connectivity index (χ1v) is 10.2. The van der Waals surface area contributed by atoms with Gasteiger partial charge in [0.15, 0.2) is 0 Å². The number of imide groups is 2. The van der Waals surface area contributed by atoms with Crippen LogP contribution in [-0.2, 0) is 9.59 Å². The van der Waals surface area contributed by atoms with Crippen LogP contribution in [0.25, 0.3) is 16.8 Å². The average Bonchev–Trinajstić information content (AvgIpc) is 2.78. The highest BCUT2D eigenvalue weighted by Crippen LogP contribution is 2.32. The Hall–Kier alpha value is -4.19. The molecular weight excluding hydrogens is 404 g/mol. The Morgan fingerprint density at radius 1 is 1.00 bits per heavy atom. The van der Waals surface area contributed by atoms with Crippen LogP contribution in [0.2, 0.25) is 0 Å². The number of aryl methyl sites for hydroxylation is 1. The van der Waals surface area contributed by atoms with Gasteiger partial charge in [-0.3, -0.25) is 14.9 Å². The summed E-state index contributed by atoms with van der Waals surface area (Å²) >= 11 is 0. The smallest absolute Gasteiger partial charge is 0.335 e. The molecule has 1 saturated heterocycles. The number of barbiturate groups is 1. The Bertz CT molecular complexity index is 1310. The molecule has 1 aliphatic heterocycles. The number of carbonyl (C=O) groups is 3. The Kier molecular flexibility index (Phi) is 5.60. The topological polar surface area (TPSA) is 75.7 Å². The third kappa shape index (κ3) is 3.67. The normalized spacial score (nSPS) is 15.2. The van der Waals surface area contributed by atoms with E-state index in [1.54, 1.807) is 24.3 Å². The van der Waals surface area contributed by atoms with Crippen LogP contribution in [0.15, 0.2) is 72.8 Å². The van der Waals surface area contributed by atoms with E-state index in [4.69, 9.17) is 4.74 Å². The number of amides is 4. The van der Waals surface area contributed by atoms with Crippen LogP contribution in [0.3, 0.4) is 0 Å². The summed E-state index contributed by atoms with van der Waals surface area (Å²) in [5.41, 5.74) is 2.58. The molecule has 1 N–H and O–H groups in total. The molecular formula is C26H22N2O4. The first kappa shape index (κ1) is 21.1.